The second kappa shape index (κ2) is 5.30. The molecule has 1 fully saturated rings. The summed E-state index contributed by atoms with van der Waals surface area (Å²) in [6.45, 7) is 5.26. The van der Waals surface area contributed by atoms with E-state index >= 15 is 0 Å². The van der Waals surface area contributed by atoms with E-state index in [0.717, 1.165) is 19.4 Å². The average molecular weight is 239 g/mol. The normalized spacial score (nSPS) is 22.6. The Morgan fingerprint density at radius 2 is 2.38 bits per heavy atom. The lowest BCUT2D eigenvalue weighted by Crippen LogP contribution is -2.13. The van der Waals surface area contributed by atoms with Crippen molar-refractivity contribution in [2.24, 2.45) is 5.73 Å². The van der Waals surface area contributed by atoms with Gasteiger partial charge in [0.1, 0.15) is 0 Å². The lowest BCUT2D eigenvalue weighted by molar-refractivity contribution is 0.101. The predicted molar refractivity (Wildman–Crippen MR) is 68.9 cm³/mol. The van der Waals surface area contributed by atoms with Crippen LogP contribution in [0.15, 0.2) is 6.07 Å². The summed E-state index contributed by atoms with van der Waals surface area (Å²) in [5.74, 6) is 0. The van der Waals surface area contributed by atoms with Crippen molar-refractivity contribution in [3.63, 3.8) is 0 Å². The summed E-state index contributed by atoms with van der Waals surface area (Å²) in [6, 6.07) is 2.43. The van der Waals surface area contributed by atoms with E-state index in [1.807, 2.05) is 11.3 Å². The maximum absolute atomic E-state index is 6.21. The first-order valence-corrected chi connectivity index (χ1v) is 6.92. The fraction of sp³-hybridized carbons (Fsp3) is 0.692. The highest BCUT2D eigenvalue weighted by molar-refractivity contribution is 7.12. The molecule has 2 atom stereocenters. The summed E-state index contributed by atoms with van der Waals surface area (Å²) in [5.41, 5.74) is 7.58. The van der Waals surface area contributed by atoms with Gasteiger partial charge in [-0.1, -0.05) is 0 Å². The van der Waals surface area contributed by atoms with E-state index in [1.54, 1.807) is 0 Å². The zero-order valence-corrected chi connectivity index (χ0v) is 11.0. The third kappa shape index (κ3) is 2.84. The monoisotopic (exact) mass is 239 g/mol. The van der Waals surface area contributed by atoms with E-state index in [0.29, 0.717) is 6.10 Å². The van der Waals surface area contributed by atoms with Gasteiger partial charge in [-0.05, 0) is 51.2 Å². The molecule has 1 saturated heterocycles. The van der Waals surface area contributed by atoms with Crippen molar-refractivity contribution >= 4 is 11.3 Å². The van der Waals surface area contributed by atoms with Crippen molar-refractivity contribution in [3.05, 3.63) is 21.4 Å². The summed E-state index contributed by atoms with van der Waals surface area (Å²) in [5, 5.41) is 0. The Morgan fingerprint density at radius 3 is 2.94 bits per heavy atom. The maximum Gasteiger partial charge on any atom is 0.0576 e. The van der Waals surface area contributed by atoms with Crippen molar-refractivity contribution in [1.82, 2.24) is 0 Å². The maximum atomic E-state index is 6.21. The second-order valence-corrected chi connectivity index (χ2v) is 5.99. The van der Waals surface area contributed by atoms with Crippen LogP contribution in [0.3, 0.4) is 0 Å². The Kier molecular flexibility index (Phi) is 4.00. The number of ether oxygens (including phenoxy) is 1. The van der Waals surface area contributed by atoms with Crippen LogP contribution < -0.4 is 5.73 Å². The van der Waals surface area contributed by atoms with E-state index in [1.165, 1.54) is 28.2 Å². The second-order valence-electron chi connectivity index (χ2n) is 4.71. The predicted octanol–water partition coefficient (Wildman–Crippen LogP) is 3.32. The van der Waals surface area contributed by atoms with E-state index in [9.17, 15) is 0 Å². The third-order valence-corrected chi connectivity index (χ3v) is 4.66. The molecule has 0 saturated carbocycles. The zero-order chi connectivity index (χ0) is 11.5. The zero-order valence-electron chi connectivity index (χ0n) is 10.2. The summed E-state index contributed by atoms with van der Waals surface area (Å²) >= 11 is 1.84. The van der Waals surface area contributed by atoms with Crippen LogP contribution >= 0.6 is 11.3 Å². The Labute approximate surface area is 102 Å². The topological polar surface area (TPSA) is 35.2 Å². The molecule has 0 bridgehead atoms. The number of aryl methyl sites for hydroxylation is 2. The number of rotatable bonds is 4. The van der Waals surface area contributed by atoms with Gasteiger partial charge < -0.3 is 10.5 Å². The molecular formula is C13H21NOS. The van der Waals surface area contributed by atoms with Gasteiger partial charge in [-0.25, -0.2) is 0 Å². The van der Waals surface area contributed by atoms with E-state index < -0.39 is 0 Å². The van der Waals surface area contributed by atoms with Gasteiger partial charge in [0.2, 0.25) is 0 Å². The van der Waals surface area contributed by atoms with Gasteiger partial charge in [0.15, 0.2) is 0 Å². The molecule has 0 aliphatic carbocycles. The molecule has 2 N–H and O–H groups in total. The highest BCUT2D eigenvalue weighted by Crippen LogP contribution is 2.29. The molecule has 16 heavy (non-hydrogen) atoms. The molecule has 0 radical (unpaired) electrons. The Balaban J connectivity index is 1.84. The summed E-state index contributed by atoms with van der Waals surface area (Å²) in [7, 11) is 0. The molecule has 2 heterocycles. The average Bonchev–Trinajstić information content (AvgIpc) is 2.86. The highest BCUT2D eigenvalue weighted by atomic mass is 32.1. The van der Waals surface area contributed by atoms with Crippen molar-refractivity contribution in [1.29, 1.82) is 0 Å². The van der Waals surface area contributed by atoms with E-state index in [2.05, 4.69) is 19.9 Å². The number of hydrogen-bond acceptors (Lipinski definition) is 3. The van der Waals surface area contributed by atoms with Crippen molar-refractivity contribution in [2.75, 3.05) is 6.61 Å². The van der Waals surface area contributed by atoms with Crippen molar-refractivity contribution in [2.45, 2.75) is 51.7 Å². The lowest BCUT2D eigenvalue weighted by atomic mass is 10.1. The SMILES string of the molecule is Cc1cc(C(N)CCC2CCCO2)sc1C. The largest absolute Gasteiger partial charge is 0.378 e. The van der Waals surface area contributed by atoms with Gasteiger partial charge in [-0.3, -0.25) is 0 Å². The third-order valence-electron chi connectivity index (χ3n) is 3.37. The van der Waals surface area contributed by atoms with Crippen LogP contribution in [-0.2, 0) is 4.74 Å². The minimum absolute atomic E-state index is 0.196. The van der Waals surface area contributed by atoms with Gasteiger partial charge in [0, 0.05) is 22.4 Å². The minimum atomic E-state index is 0.196. The first-order chi connectivity index (χ1) is 7.66. The van der Waals surface area contributed by atoms with Crippen LogP contribution in [0.25, 0.3) is 0 Å². The van der Waals surface area contributed by atoms with Gasteiger partial charge >= 0.3 is 0 Å². The number of thiophene rings is 1. The summed E-state index contributed by atoms with van der Waals surface area (Å²) < 4.78 is 5.62. The minimum Gasteiger partial charge on any atom is -0.378 e. The molecular weight excluding hydrogens is 218 g/mol. The van der Waals surface area contributed by atoms with Crippen LogP contribution in [0.2, 0.25) is 0 Å². The molecule has 1 aliphatic rings. The standard InChI is InChI=1S/C13H21NOS/c1-9-8-13(16-10(9)2)12(14)6-5-11-4-3-7-15-11/h8,11-12H,3-7,14H2,1-2H3. The van der Waals surface area contributed by atoms with E-state index in [4.69, 9.17) is 10.5 Å². The van der Waals surface area contributed by atoms with Crippen LogP contribution in [0.4, 0.5) is 0 Å². The Hall–Kier alpha value is -0.380. The van der Waals surface area contributed by atoms with Crippen molar-refractivity contribution < 1.29 is 4.74 Å². The quantitative estimate of drug-likeness (QED) is 0.874. The van der Waals surface area contributed by atoms with Crippen LogP contribution in [-0.4, -0.2) is 12.7 Å². The lowest BCUT2D eigenvalue weighted by Gasteiger charge is -2.13. The molecule has 0 spiro atoms. The summed E-state index contributed by atoms with van der Waals surface area (Å²) in [4.78, 5) is 2.72. The molecule has 0 aromatic carbocycles. The highest BCUT2D eigenvalue weighted by Gasteiger charge is 2.18. The molecule has 0 amide bonds. The molecule has 1 aliphatic heterocycles. The fourth-order valence-electron chi connectivity index (χ4n) is 2.16. The van der Waals surface area contributed by atoms with Gasteiger partial charge in [-0.2, -0.15) is 0 Å². The molecule has 90 valence electrons. The smallest absolute Gasteiger partial charge is 0.0576 e. The molecule has 3 heteroatoms. The van der Waals surface area contributed by atoms with E-state index in [-0.39, 0.29) is 6.04 Å². The number of nitrogens with two attached hydrogens (primary N) is 1. The van der Waals surface area contributed by atoms with Gasteiger partial charge in [0.05, 0.1) is 6.10 Å². The molecule has 2 rings (SSSR count). The summed E-state index contributed by atoms with van der Waals surface area (Å²) in [6.07, 6.45) is 5.06. The molecule has 2 nitrogen and oxygen atoms in total. The Bertz CT molecular complexity index is 322. The van der Waals surface area contributed by atoms with Crippen LogP contribution in [0, 0.1) is 13.8 Å². The van der Waals surface area contributed by atoms with Crippen molar-refractivity contribution in [3.8, 4) is 0 Å². The molecule has 1 aromatic rings. The first kappa shape index (κ1) is 12.1. The fourth-order valence-corrected chi connectivity index (χ4v) is 3.24. The first-order valence-electron chi connectivity index (χ1n) is 6.11. The molecule has 1 aromatic heterocycles. The number of hydrogen-bond donors (Lipinski definition) is 1. The van der Waals surface area contributed by atoms with Gasteiger partial charge in [0.25, 0.3) is 0 Å². The molecule has 2 unspecified atom stereocenters. The van der Waals surface area contributed by atoms with Crippen LogP contribution in [0.5, 0.6) is 0 Å². The van der Waals surface area contributed by atoms with Crippen LogP contribution in [0.1, 0.15) is 47.0 Å². The Morgan fingerprint density at radius 1 is 1.56 bits per heavy atom. The van der Waals surface area contributed by atoms with Gasteiger partial charge in [-0.15, -0.1) is 11.3 Å².